The highest BCUT2D eigenvalue weighted by molar-refractivity contribution is 5.66. The minimum atomic E-state index is -0.656. The lowest BCUT2D eigenvalue weighted by Gasteiger charge is -2.01. The maximum Gasteiger partial charge on any atom is 0.303 e. The van der Waals surface area contributed by atoms with Gasteiger partial charge in [0.25, 0.3) is 0 Å². The fraction of sp³-hybridized carbons (Fsp3) is 0.886. The third-order valence-corrected chi connectivity index (χ3v) is 9.32. The number of hydrogen-bond donors (Lipinski definition) is 2. The van der Waals surface area contributed by atoms with Crippen molar-refractivity contribution in [2.45, 2.75) is 245 Å². The first-order valence-corrected chi connectivity index (χ1v) is 21.3. The van der Waals surface area contributed by atoms with Gasteiger partial charge in [-0.05, 0) is 64.2 Å². The Labute approximate surface area is 296 Å². The molecular formula is C44H86O3. The van der Waals surface area contributed by atoms with Crippen LogP contribution in [0.1, 0.15) is 245 Å². The number of carboxylic acids is 1. The lowest BCUT2D eigenvalue weighted by Crippen LogP contribution is -1.93. The number of hydrogen-bond acceptors (Lipinski definition) is 2. The topological polar surface area (TPSA) is 57.5 Å². The molecule has 3 heteroatoms. The van der Waals surface area contributed by atoms with Gasteiger partial charge in [0.15, 0.2) is 0 Å². The third kappa shape index (κ3) is 51.9. The summed E-state index contributed by atoms with van der Waals surface area (Å²) in [6.07, 6.45) is 56.3. The summed E-state index contributed by atoms with van der Waals surface area (Å²) in [6, 6.07) is 0. The average molecular weight is 663 g/mol. The number of aliphatic hydroxyl groups is 1. The smallest absolute Gasteiger partial charge is 0.303 e. The van der Waals surface area contributed by atoms with Gasteiger partial charge in [-0.3, -0.25) is 4.79 Å². The van der Waals surface area contributed by atoms with Crippen LogP contribution in [0.2, 0.25) is 0 Å². The molecular weight excluding hydrogens is 576 g/mol. The van der Waals surface area contributed by atoms with Gasteiger partial charge in [-0.1, -0.05) is 199 Å². The molecule has 0 heterocycles. The predicted octanol–water partition coefficient (Wildman–Crippen LogP) is 15.2. The van der Waals surface area contributed by atoms with Crippen molar-refractivity contribution in [3.05, 3.63) is 24.3 Å². The Balaban J connectivity index is 0. The van der Waals surface area contributed by atoms with E-state index in [1.54, 1.807) is 0 Å². The van der Waals surface area contributed by atoms with E-state index in [2.05, 4.69) is 38.2 Å². The van der Waals surface area contributed by atoms with E-state index in [1.165, 1.54) is 205 Å². The number of allylic oxidation sites excluding steroid dienone is 4. The van der Waals surface area contributed by atoms with E-state index in [0.29, 0.717) is 13.0 Å². The Morgan fingerprint density at radius 3 is 0.851 bits per heavy atom. The van der Waals surface area contributed by atoms with Crippen LogP contribution in [0, 0.1) is 0 Å². The zero-order valence-corrected chi connectivity index (χ0v) is 32.3. The van der Waals surface area contributed by atoms with Crippen LogP contribution in [0.15, 0.2) is 24.3 Å². The van der Waals surface area contributed by atoms with Gasteiger partial charge in [-0.15, -0.1) is 0 Å². The molecule has 0 aliphatic rings. The molecule has 0 aromatic rings. The van der Waals surface area contributed by atoms with Gasteiger partial charge in [-0.25, -0.2) is 0 Å². The number of aliphatic carboxylic acids is 1. The highest BCUT2D eigenvalue weighted by atomic mass is 16.4. The number of aliphatic hydroxyl groups excluding tert-OH is 1. The summed E-state index contributed by atoms with van der Waals surface area (Å²) in [5, 5.41) is 17.3. The van der Waals surface area contributed by atoms with Crippen LogP contribution in [0.3, 0.4) is 0 Å². The van der Waals surface area contributed by atoms with E-state index in [1.807, 2.05) is 0 Å². The molecule has 0 rings (SSSR count). The molecule has 0 aromatic carbocycles. The van der Waals surface area contributed by atoms with Crippen LogP contribution in [0.5, 0.6) is 0 Å². The number of unbranched alkanes of at least 4 members (excludes halogenated alkanes) is 31. The van der Waals surface area contributed by atoms with E-state index in [0.717, 1.165) is 19.3 Å². The highest BCUT2D eigenvalue weighted by Crippen LogP contribution is 2.14. The van der Waals surface area contributed by atoms with Gasteiger partial charge >= 0.3 is 5.97 Å². The Morgan fingerprint density at radius 1 is 0.362 bits per heavy atom. The van der Waals surface area contributed by atoms with Crippen molar-refractivity contribution in [1.29, 1.82) is 0 Å². The zero-order valence-electron chi connectivity index (χ0n) is 32.3. The molecule has 0 aliphatic carbocycles. The molecule has 3 nitrogen and oxygen atoms in total. The van der Waals surface area contributed by atoms with Crippen molar-refractivity contribution in [3.8, 4) is 0 Å². The van der Waals surface area contributed by atoms with Crippen molar-refractivity contribution in [1.82, 2.24) is 0 Å². The van der Waals surface area contributed by atoms with Gasteiger partial charge in [0.1, 0.15) is 0 Å². The molecule has 0 saturated carbocycles. The van der Waals surface area contributed by atoms with Gasteiger partial charge in [0, 0.05) is 13.0 Å². The second kappa shape index (κ2) is 47.0. The summed E-state index contributed by atoms with van der Waals surface area (Å²) in [4.78, 5) is 10.4. The van der Waals surface area contributed by atoms with E-state index in [-0.39, 0.29) is 0 Å². The van der Waals surface area contributed by atoms with E-state index in [9.17, 15) is 4.79 Å². The van der Waals surface area contributed by atoms with Crippen molar-refractivity contribution in [3.63, 3.8) is 0 Å². The van der Waals surface area contributed by atoms with E-state index >= 15 is 0 Å². The maximum absolute atomic E-state index is 10.4. The largest absolute Gasteiger partial charge is 0.481 e. The summed E-state index contributed by atoms with van der Waals surface area (Å²) in [5.41, 5.74) is 0. The Bertz CT molecular complexity index is 611. The minimum absolute atomic E-state index is 0.340. The third-order valence-electron chi connectivity index (χ3n) is 9.32. The van der Waals surface area contributed by atoms with E-state index < -0.39 is 5.97 Å². The lowest BCUT2D eigenvalue weighted by atomic mass is 10.1. The Kier molecular flexibility index (Phi) is 48.1. The van der Waals surface area contributed by atoms with Crippen molar-refractivity contribution in [2.24, 2.45) is 0 Å². The van der Waals surface area contributed by atoms with Gasteiger partial charge in [-0.2, -0.15) is 0 Å². The molecule has 0 unspecified atom stereocenters. The van der Waals surface area contributed by atoms with Crippen LogP contribution in [0.25, 0.3) is 0 Å². The SMILES string of the molecule is CCCCCCCCC=CCCCCCCCCCCCC(=O)O.CCCCCCCCC=CCCCCCCCCCCCCO. The molecule has 47 heavy (non-hydrogen) atoms. The van der Waals surface area contributed by atoms with Crippen LogP contribution >= 0.6 is 0 Å². The first-order valence-electron chi connectivity index (χ1n) is 21.3. The van der Waals surface area contributed by atoms with Crippen molar-refractivity contribution < 1.29 is 15.0 Å². The predicted molar refractivity (Wildman–Crippen MR) is 211 cm³/mol. The molecule has 0 aliphatic heterocycles. The normalized spacial score (nSPS) is 11.5. The van der Waals surface area contributed by atoms with Crippen LogP contribution in [0.4, 0.5) is 0 Å². The van der Waals surface area contributed by atoms with Crippen LogP contribution < -0.4 is 0 Å². The molecule has 0 amide bonds. The molecule has 2 N–H and O–H groups in total. The quantitative estimate of drug-likeness (QED) is 0.0511. The number of rotatable bonds is 38. The molecule has 0 fully saturated rings. The molecule has 280 valence electrons. The van der Waals surface area contributed by atoms with Gasteiger partial charge in [0.05, 0.1) is 0 Å². The summed E-state index contributed by atoms with van der Waals surface area (Å²) in [7, 11) is 0. The maximum atomic E-state index is 10.4. The second-order valence-electron chi connectivity index (χ2n) is 14.2. The summed E-state index contributed by atoms with van der Waals surface area (Å²) in [6.45, 7) is 4.92. The second-order valence-corrected chi connectivity index (χ2v) is 14.2. The Morgan fingerprint density at radius 2 is 0.596 bits per heavy atom. The first kappa shape index (κ1) is 48.0. The highest BCUT2D eigenvalue weighted by Gasteiger charge is 1.97. The fourth-order valence-corrected chi connectivity index (χ4v) is 6.12. The van der Waals surface area contributed by atoms with Crippen molar-refractivity contribution >= 4 is 5.97 Å². The summed E-state index contributed by atoms with van der Waals surface area (Å²) >= 11 is 0. The Hall–Kier alpha value is -1.09. The first-order chi connectivity index (χ1) is 23.2. The minimum Gasteiger partial charge on any atom is -0.481 e. The number of carboxylic acid groups (broad SMARTS) is 1. The standard InChI is InChI=1S/C22H42O2.C22H44O/c1-2-3-4-5-6-7-8-9-10-11-12-13-14-15-16-17-18-19-20-21-22(23)24;1-2-3-4-5-6-7-8-9-10-11-12-13-14-15-16-17-18-19-20-21-22-23/h9-10H,2-8,11-21H2,1H3,(H,23,24);9-10,23H,2-8,11-22H2,1H3. The summed E-state index contributed by atoms with van der Waals surface area (Å²) in [5.74, 6) is -0.656. The monoisotopic (exact) mass is 663 g/mol. The number of carbonyl (C=O) groups is 1. The molecule has 0 bridgehead atoms. The average Bonchev–Trinajstić information content (AvgIpc) is 3.07. The molecule has 0 saturated heterocycles. The molecule has 0 atom stereocenters. The molecule has 0 radical (unpaired) electrons. The van der Waals surface area contributed by atoms with Crippen LogP contribution in [-0.2, 0) is 4.79 Å². The van der Waals surface area contributed by atoms with Gasteiger partial charge < -0.3 is 10.2 Å². The molecule has 0 spiro atoms. The molecule has 0 aromatic heterocycles. The van der Waals surface area contributed by atoms with Crippen LogP contribution in [-0.4, -0.2) is 22.8 Å². The lowest BCUT2D eigenvalue weighted by molar-refractivity contribution is -0.137. The zero-order chi connectivity index (χ0) is 34.6. The van der Waals surface area contributed by atoms with Crippen molar-refractivity contribution in [2.75, 3.05) is 6.61 Å². The summed E-state index contributed by atoms with van der Waals surface area (Å²) < 4.78 is 0. The van der Waals surface area contributed by atoms with E-state index in [4.69, 9.17) is 10.2 Å². The fourth-order valence-electron chi connectivity index (χ4n) is 6.12. The van der Waals surface area contributed by atoms with Gasteiger partial charge in [0.2, 0.25) is 0 Å².